The molecule has 2 rings (SSSR count). The number of likely N-dealkylation sites (tertiary alicyclic amines) is 1. The maximum absolute atomic E-state index is 12.1. The van der Waals surface area contributed by atoms with Gasteiger partial charge in [0, 0.05) is 32.7 Å². The first-order valence-electron chi connectivity index (χ1n) is 9.78. The molecular weight excluding hydrogens is 369 g/mol. The zero-order chi connectivity index (χ0) is 20.4. The molecule has 0 radical (unpaired) electrons. The summed E-state index contributed by atoms with van der Waals surface area (Å²) >= 11 is 0. The molecule has 1 aromatic carbocycles. The van der Waals surface area contributed by atoms with E-state index < -0.39 is 12.8 Å². The minimum Gasteiger partial charge on any atom is -0.367 e. The molecule has 2 N–H and O–H groups in total. The highest BCUT2D eigenvalue weighted by molar-refractivity contribution is 5.79. The smallest absolute Gasteiger partial charge is 0.367 e. The van der Waals surface area contributed by atoms with E-state index in [9.17, 15) is 13.2 Å². The van der Waals surface area contributed by atoms with Crippen LogP contribution in [0.2, 0.25) is 0 Å². The van der Waals surface area contributed by atoms with Crippen LogP contribution in [-0.4, -0.2) is 56.4 Å². The van der Waals surface area contributed by atoms with Crippen molar-refractivity contribution in [3.63, 3.8) is 0 Å². The number of ether oxygens (including phenoxy) is 1. The minimum atomic E-state index is -4.29. The van der Waals surface area contributed by atoms with Gasteiger partial charge in [-0.15, -0.1) is 0 Å². The number of guanidine groups is 1. The largest absolute Gasteiger partial charge is 0.411 e. The molecule has 1 fully saturated rings. The third kappa shape index (κ3) is 8.48. The summed E-state index contributed by atoms with van der Waals surface area (Å²) in [6.45, 7) is 4.58. The molecule has 0 aliphatic carbocycles. The van der Waals surface area contributed by atoms with E-state index in [2.05, 4.69) is 32.2 Å². The molecule has 1 heterocycles. The van der Waals surface area contributed by atoms with E-state index >= 15 is 0 Å². The van der Waals surface area contributed by atoms with Gasteiger partial charge in [-0.3, -0.25) is 9.89 Å². The number of hydrogen-bond donors (Lipinski definition) is 2. The number of benzene rings is 1. The number of hydrogen-bond acceptors (Lipinski definition) is 3. The number of rotatable bonds is 8. The monoisotopic (exact) mass is 400 g/mol. The van der Waals surface area contributed by atoms with Crippen LogP contribution in [0.3, 0.4) is 0 Å². The van der Waals surface area contributed by atoms with Crippen molar-refractivity contribution in [1.82, 2.24) is 15.5 Å². The van der Waals surface area contributed by atoms with Crippen LogP contribution in [-0.2, 0) is 17.9 Å². The summed E-state index contributed by atoms with van der Waals surface area (Å²) in [7, 11) is 1.74. The molecule has 1 atom stereocenters. The van der Waals surface area contributed by atoms with Crippen molar-refractivity contribution in [2.75, 3.05) is 33.3 Å². The van der Waals surface area contributed by atoms with E-state index in [1.54, 1.807) is 19.2 Å². The Bertz CT molecular complexity index is 604. The molecule has 5 nitrogen and oxygen atoms in total. The van der Waals surface area contributed by atoms with Crippen LogP contribution < -0.4 is 10.6 Å². The fraction of sp³-hybridized carbons (Fsp3) is 0.650. The molecule has 0 bridgehead atoms. The standard InChI is InChI=1S/C20H31F3N4O/c1-16-5-3-4-11-27(16)12-10-25-19(24-2)26-13-17-6-8-18(9-7-17)14-28-15-20(21,22)23/h6-9,16H,3-5,10-15H2,1-2H3,(H2,24,25,26). The molecule has 8 heteroatoms. The van der Waals surface area contributed by atoms with Crippen LogP contribution in [0.1, 0.15) is 37.3 Å². The van der Waals surface area contributed by atoms with Crippen molar-refractivity contribution < 1.29 is 17.9 Å². The van der Waals surface area contributed by atoms with Crippen molar-refractivity contribution in [2.24, 2.45) is 4.99 Å². The van der Waals surface area contributed by atoms with Gasteiger partial charge in [-0.25, -0.2) is 0 Å². The van der Waals surface area contributed by atoms with Crippen LogP contribution in [0.4, 0.5) is 13.2 Å². The summed E-state index contributed by atoms with van der Waals surface area (Å²) in [5, 5.41) is 6.59. The first-order chi connectivity index (χ1) is 13.4. The number of nitrogens with one attached hydrogen (secondary N) is 2. The van der Waals surface area contributed by atoms with Gasteiger partial charge in [0.1, 0.15) is 6.61 Å². The second-order valence-corrected chi connectivity index (χ2v) is 7.16. The highest BCUT2D eigenvalue weighted by atomic mass is 19.4. The molecule has 1 aromatic rings. The van der Waals surface area contributed by atoms with Crippen molar-refractivity contribution in [1.29, 1.82) is 0 Å². The summed E-state index contributed by atoms with van der Waals surface area (Å²) < 4.78 is 40.9. The van der Waals surface area contributed by atoms with E-state index in [0.717, 1.165) is 31.2 Å². The summed E-state index contributed by atoms with van der Waals surface area (Å²) in [6, 6.07) is 7.95. The first-order valence-corrected chi connectivity index (χ1v) is 9.78. The Balaban J connectivity index is 1.68. The summed E-state index contributed by atoms with van der Waals surface area (Å²) in [6.07, 6.45) is -0.431. The average Bonchev–Trinajstić information content (AvgIpc) is 2.66. The maximum atomic E-state index is 12.1. The highest BCUT2D eigenvalue weighted by Gasteiger charge is 2.27. The van der Waals surface area contributed by atoms with E-state index in [1.807, 2.05) is 12.1 Å². The molecule has 1 aliphatic heterocycles. The van der Waals surface area contributed by atoms with Gasteiger partial charge in [-0.1, -0.05) is 30.7 Å². The molecule has 28 heavy (non-hydrogen) atoms. The number of nitrogens with zero attached hydrogens (tertiary/aromatic N) is 2. The Morgan fingerprint density at radius 1 is 1.18 bits per heavy atom. The SMILES string of the molecule is CN=C(NCCN1CCCCC1C)NCc1ccc(COCC(F)(F)F)cc1. The molecule has 1 unspecified atom stereocenters. The lowest BCUT2D eigenvalue weighted by atomic mass is 10.0. The third-order valence-corrected chi connectivity index (χ3v) is 4.87. The van der Waals surface area contributed by atoms with E-state index in [0.29, 0.717) is 18.2 Å². The number of aliphatic imine (C=N–C) groups is 1. The van der Waals surface area contributed by atoms with Gasteiger partial charge in [0.05, 0.1) is 6.61 Å². The van der Waals surface area contributed by atoms with Gasteiger partial charge >= 0.3 is 6.18 Å². The Kier molecular flexibility index (Phi) is 9.05. The third-order valence-electron chi connectivity index (χ3n) is 4.87. The second kappa shape index (κ2) is 11.3. The lowest BCUT2D eigenvalue weighted by molar-refractivity contribution is -0.176. The molecule has 0 aromatic heterocycles. The van der Waals surface area contributed by atoms with Crippen molar-refractivity contribution >= 4 is 5.96 Å². The van der Waals surface area contributed by atoms with Gasteiger partial charge < -0.3 is 15.4 Å². The summed E-state index contributed by atoms with van der Waals surface area (Å²) in [5.41, 5.74) is 1.73. The van der Waals surface area contributed by atoms with Crippen molar-refractivity contribution in [3.05, 3.63) is 35.4 Å². The van der Waals surface area contributed by atoms with E-state index in [-0.39, 0.29) is 6.61 Å². The lowest BCUT2D eigenvalue weighted by Gasteiger charge is -2.33. The Labute approximate surface area is 165 Å². The summed E-state index contributed by atoms with van der Waals surface area (Å²) in [4.78, 5) is 6.74. The van der Waals surface area contributed by atoms with Crippen molar-refractivity contribution in [2.45, 2.75) is 51.6 Å². The fourth-order valence-electron chi connectivity index (χ4n) is 3.25. The maximum Gasteiger partial charge on any atom is 0.411 e. The van der Waals surface area contributed by atoms with Crippen molar-refractivity contribution in [3.8, 4) is 0 Å². The Morgan fingerprint density at radius 2 is 1.89 bits per heavy atom. The van der Waals surface area contributed by atoms with Crippen LogP contribution in [0, 0.1) is 0 Å². The Morgan fingerprint density at radius 3 is 2.54 bits per heavy atom. The van der Waals surface area contributed by atoms with Gasteiger partial charge in [0.2, 0.25) is 0 Å². The molecule has 0 amide bonds. The quantitative estimate of drug-likeness (QED) is 0.519. The second-order valence-electron chi connectivity index (χ2n) is 7.16. The van der Waals surface area contributed by atoms with Gasteiger partial charge in [0.25, 0.3) is 0 Å². The van der Waals surface area contributed by atoms with Gasteiger partial charge in [0.15, 0.2) is 5.96 Å². The topological polar surface area (TPSA) is 48.9 Å². The number of piperidine rings is 1. The van der Waals surface area contributed by atoms with Crippen LogP contribution in [0.25, 0.3) is 0 Å². The predicted octanol–water partition coefficient (Wildman–Crippen LogP) is 3.30. The molecular formula is C20H31F3N4O. The van der Waals surface area contributed by atoms with Crippen LogP contribution in [0.5, 0.6) is 0 Å². The first kappa shape index (κ1) is 22.5. The van der Waals surface area contributed by atoms with Gasteiger partial charge in [-0.05, 0) is 37.4 Å². The molecule has 0 saturated carbocycles. The number of alkyl halides is 3. The minimum absolute atomic E-state index is 0.0502. The Hall–Kier alpha value is -1.80. The normalized spacial score (nSPS) is 18.9. The predicted molar refractivity (Wildman–Crippen MR) is 105 cm³/mol. The van der Waals surface area contributed by atoms with Crippen LogP contribution >= 0.6 is 0 Å². The molecule has 1 aliphatic rings. The number of halogens is 3. The zero-order valence-electron chi connectivity index (χ0n) is 16.7. The van der Waals surface area contributed by atoms with Crippen LogP contribution in [0.15, 0.2) is 29.3 Å². The molecule has 158 valence electrons. The summed E-state index contributed by atoms with van der Waals surface area (Å²) in [5.74, 6) is 0.738. The fourth-order valence-corrected chi connectivity index (χ4v) is 3.25. The lowest BCUT2D eigenvalue weighted by Crippen LogP contribution is -2.45. The molecule has 0 spiro atoms. The highest BCUT2D eigenvalue weighted by Crippen LogP contribution is 2.16. The average molecular weight is 400 g/mol. The van der Waals surface area contributed by atoms with E-state index in [1.165, 1.54) is 19.3 Å². The van der Waals surface area contributed by atoms with Gasteiger partial charge in [-0.2, -0.15) is 13.2 Å². The van der Waals surface area contributed by atoms with E-state index in [4.69, 9.17) is 0 Å². The molecule has 1 saturated heterocycles. The zero-order valence-corrected chi connectivity index (χ0v) is 16.7.